The minimum Gasteiger partial charge on any atom is -0.353 e. The van der Waals surface area contributed by atoms with Gasteiger partial charge in [0, 0.05) is 13.8 Å². The Hall–Kier alpha value is -1.61. The van der Waals surface area contributed by atoms with E-state index in [4.69, 9.17) is 0 Å². The standard InChI is InChI=1S/C19H26FNSi/c1-15-7-10-17(11-8-15)21-19-14-16(9-12-18(19)20)6-5-13-22(2,3)4/h7-12,14,21H,5-6,13H2,1-4H3. The van der Waals surface area contributed by atoms with Crippen LogP contribution in [0.15, 0.2) is 42.5 Å². The van der Waals surface area contributed by atoms with Gasteiger partial charge in [-0.15, -0.1) is 0 Å². The molecule has 3 heteroatoms. The van der Waals surface area contributed by atoms with E-state index in [-0.39, 0.29) is 5.82 Å². The first-order chi connectivity index (χ1) is 10.3. The van der Waals surface area contributed by atoms with Gasteiger partial charge in [-0.25, -0.2) is 4.39 Å². The maximum Gasteiger partial charge on any atom is 0.146 e. The lowest BCUT2D eigenvalue weighted by atomic mass is 10.1. The molecule has 0 radical (unpaired) electrons. The zero-order valence-electron chi connectivity index (χ0n) is 14.0. The highest BCUT2D eigenvalue weighted by atomic mass is 28.3. The molecule has 0 amide bonds. The zero-order valence-corrected chi connectivity index (χ0v) is 15.0. The normalized spacial score (nSPS) is 11.5. The molecule has 0 fully saturated rings. The molecule has 2 aromatic carbocycles. The molecule has 22 heavy (non-hydrogen) atoms. The molecule has 1 nitrogen and oxygen atoms in total. The zero-order chi connectivity index (χ0) is 16.2. The number of benzene rings is 2. The van der Waals surface area contributed by atoms with Gasteiger partial charge in [0.05, 0.1) is 5.69 Å². The second-order valence-corrected chi connectivity index (χ2v) is 12.8. The van der Waals surface area contributed by atoms with Crippen molar-refractivity contribution in [3.8, 4) is 0 Å². The molecule has 1 N–H and O–H groups in total. The first-order valence-corrected chi connectivity index (χ1v) is 11.7. The van der Waals surface area contributed by atoms with Crippen molar-refractivity contribution >= 4 is 19.4 Å². The lowest BCUT2D eigenvalue weighted by Gasteiger charge is -2.15. The van der Waals surface area contributed by atoms with E-state index in [2.05, 4.69) is 25.0 Å². The summed E-state index contributed by atoms with van der Waals surface area (Å²) in [4.78, 5) is 0. The molecule has 2 rings (SSSR count). The van der Waals surface area contributed by atoms with Gasteiger partial charge in [-0.2, -0.15) is 0 Å². The van der Waals surface area contributed by atoms with Gasteiger partial charge >= 0.3 is 0 Å². The maximum atomic E-state index is 14.0. The summed E-state index contributed by atoms with van der Waals surface area (Å²) in [5.74, 6) is -0.200. The largest absolute Gasteiger partial charge is 0.353 e. The molecule has 0 bridgehead atoms. The summed E-state index contributed by atoms with van der Waals surface area (Å²) in [6.45, 7) is 9.22. The Morgan fingerprint density at radius 3 is 2.32 bits per heavy atom. The van der Waals surface area contributed by atoms with Gasteiger partial charge in [0.25, 0.3) is 0 Å². The van der Waals surface area contributed by atoms with Crippen LogP contribution >= 0.6 is 0 Å². The molecule has 0 aromatic heterocycles. The van der Waals surface area contributed by atoms with Gasteiger partial charge in [-0.1, -0.05) is 55.9 Å². The van der Waals surface area contributed by atoms with Crippen LogP contribution in [-0.2, 0) is 6.42 Å². The van der Waals surface area contributed by atoms with Crippen LogP contribution in [0.25, 0.3) is 0 Å². The fraction of sp³-hybridized carbons (Fsp3) is 0.368. The van der Waals surface area contributed by atoms with Crippen LogP contribution in [0, 0.1) is 12.7 Å². The average molecular weight is 316 g/mol. The van der Waals surface area contributed by atoms with E-state index in [1.54, 1.807) is 6.07 Å². The molecule has 0 saturated heterocycles. The summed E-state index contributed by atoms with van der Waals surface area (Å²) in [5, 5.41) is 3.18. The summed E-state index contributed by atoms with van der Waals surface area (Å²) in [5.41, 5.74) is 3.89. The molecule has 2 aromatic rings. The smallest absolute Gasteiger partial charge is 0.146 e. The third kappa shape index (κ3) is 5.30. The summed E-state index contributed by atoms with van der Waals surface area (Å²) >= 11 is 0. The molecular formula is C19H26FNSi. The van der Waals surface area contributed by atoms with Gasteiger partial charge < -0.3 is 5.32 Å². The molecule has 0 unspecified atom stereocenters. The Morgan fingerprint density at radius 1 is 1.00 bits per heavy atom. The molecule has 118 valence electrons. The second-order valence-electron chi connectivity index (χ2n) is 7.22. The number of hydrogen-bond donors (Lipinski definition) is 1. The van der Waals surface area contributed by atoms with Crippen LogP contribution in [0.5, 0.6) is 0 Å². The van der Waals surface area contributed by atoms with E-state index in [0.29, 0.717) is 5.69 Å². The number of aryl methyl sites for hydroxylation is 2. The molecule has 0 atom stereocenters. The van der Waals surface area contributed by atoms with E-state index >= 15 is 0 Å². The summed E-state index contributed by atoms with van der Waals surface area (Å²) in [6.07, 6.45) is 2.21. The van der Waals surface area contributed by atoms with Crippen LogP contribution in [-0.4, -0.2) is 8.07 Å². The lowest BCUT2D eigenvalue weighted by Crippen LogP contribution is -2.18. The third-order valence-corrected chi connectivity index (χ3v) is 5.61. The Kier molecular flexibility index (Phi) is 5.41. The van der Waals surface area contributed by atoms with E-state index in [1.165, 1.54) is 23.6 Å². The molecule has 0 aliphatic heterocycles. The Labute approximate surface area is 134 Å². The van der Waals surface area contributed by atoms with E-state index in [1.807, 2.05) is 43.3 Å². The first-order valence-electron chi connectivity index (χ1n) is 7.96. The quantitative estimate of drug-likeness (QED) is 0.630. The molecule has 0 heterocycles. The van der Waals surface area contributed by atoms with E-state index in [0.717, 1.165) is 12.1 Å². The fourth-order valence-corrected chi connectivity index (χ4v) is 3.68. The molecule has 0 aliphatic rings. The van der Waals surface area contributed by atoms with Crippen molar-refractivity contribution in [2.45, 2.75) is 45.5 Å². The summed E-state index contributed by atoms with van der Waals surface area (Å²) < 4.78 is 14.0. The highest BCUT2D eigenvalue weighted by molar-refractivity contribution is 6.76. The van der Waals surface area contributed by atoms with Crippen molar-refractivity contribution in [2.24, 2.45) is 0 Å². The number of hydrogen-bond acceptors (Lipinski definition) is 1. The Morgan fingerprint density at radius 2 is 1.68 bits per heavy atom. The number of anilines is 2. The van der Waals surface area contributed by atoms with Crippen molar-refractivity contribution in [2.75, 3.05) is 5.32 Å². The first kappa shape index (κ1) is 16.8. The van der Waals surface area contributed by atoms with Crippen LogP contribution in [0.2, 0.25) is 25.7 Å². The predicted molar refractivity (Wildman–Crippen MR) is 97.3 cm³/mol. The lowest BCUT2D eigenvalue weighted by molar-refractivity contribution is 0.631. The van der Waals surface area contributed by atoms with Gasteiger partial charge in [0.1, 0.15) is 5.82 Å². The van der Waals surface area contributed by atoms with E-state index < -0.39 is 8.07 Å². The molecule has 0 aliphatic carbocycles. The van der Waals surface area contributed by atoms with Crippen molar-refractivity contribution in [1.29, 1.82) is 0 Å². The number of rotatable bonds is 6. The Balaban J connectivity index is 2.05. The molecular weight excluding hydrogens is 289 g/mol. The predicted octanol–water partition coefficient (Wildman–Crippen LogP) is 6.15. The van der Waals surface area contributed by atoms with Gasteiger partial charge in [-0.3, -0.25) is 0 Å². The minimum atomic E-state index is -0.992. The van der Waals surface area contributed by atoms with Crippen molar-refractivity contribution in [3.05, 3.63) is 59.4 Å². The summed E-state index contributed by atoms with van der Waals surface area (Å²) in [7, 11) is -0.992. The van der Waals surface area contributed by atoms with Crippen molar-refractivity contribution < 1.29 is 4.39 Å². The van der Waals surface area contributed by atoms with Gasteiger partial charge in [-0.05, 0) is 43.2 Å². The van der Waals surface area contributed by atoms with E-state index in [9.17, 15) is 4.39 Å². The monoisotopic (exact) mass is 315 g/mol. The highest BCUT2D eigenvalue weighted by Gasteiger charge is 2.12. The average Bonchev–Trinajstić information content (AvgIpc) is 2.43. The minimum absolute atomic E-state index is 0.200. The van der Waals surface area contributed by atoms with Gasteiger partial charge in [0.2, 0.25) is 0 Å². The van der Waals surface area contributed by atoms with Crippen molar-refractivity contribution in [3.63, 3.8) is 0 Å². The topological polar surface area (TPSA) is 12.0 Å². The maximum absolute atomic E-state index is 14.0. The van der Waals surface area contributed by atoms with Crippen LogP contribution in [0.1, 0.15) is 17.5 Å². The highest BCUT2D eigenvalue weighted by Crippen LogP contribution is 2.23. The number of nitrogens with one attached hydrogen (secondary N) is 1. The van der Waals surface area contributed by atoms with Crippen LogP contribution in [0.4, 0.5) is 15.8 Å². The fourth-order valence-electron chi connectivity index (χ4n) is 2.44. The number of halogens is 1. The van der Waals surface area contributed by atoms with Crippen molar-refractivity contribution in [1.82, 2.24) is 0 Å². The van der Waals surface area contributed by atoms with Crippen LogP contribution < -0.4 is 5.32 Å². The van der Waals surface area contributed by atoms with Crippen LogP contribution in [0.3, 0.4) is 0 Å². The summed E-state index contributed by atoms with van der Waals surface area (Å²) in [6, 6.07) is 14.7. The molecule has 0 saturated carbocycles. The Bertz CT molecular complexity index is 614. The van der Waals surface area contributed by atoms with Gasteiger partial charge in [0.15, 0.2) is 0 Å². The third-order valence-electron chi connectivity index (χ3n) is 3.75. The molecule has 0 spiro atoms. The SMILES string of the molecule is Cc1ccc(Nc2cc(CCC[Si](C)(C)C)ccc2F)cc1. The second kappa shape index (κ2) is 7.10.